The summed E-state index contributed by atoms with van der Waals surface area (Å²) < 4.78 is 16.6. The minimum atomic E-state index is -0.120. The lowest BCUT2D eigenvalue weighted by atomic mass is 10.2. The van der Waals surface area contributed by atoms with E-state index in [4.69, 9.17) is 14.2 Å². The second kappa shape index (κ2) is 10.3. The topological polar surface area (TPSA) is 74.5 Å². The number of rotatable bonds is 10. The lowest BCUT2D eigenvalue weighted by molar-refractivity contribution is -0.0368. The summed E-state index contributed by atoms with van der Waals surface area (Å²) in [7, 11) is 1.66. The van der Waals surface area contributed by atoms with Crippen LogP contribution in [0, 0.1) is 0 Å². The fourth-order valence-electron chi connectivity index (χ4n) is 2.87. The van der Waals surface area contributed by atoms with Crippen LogP contribution in [0.2, 0.25) is 0 Å². The van der Waals surface area contributed by atoms with E-state index in [0.717, 1.165) is 32.7 Å². The zero-order valence-corrected chi connectivity index (χ0v) is 15.3. The smallest absolute Gasteiger partial charge is 0.204 e. The van der Waals surface area contributed by atoms with Crippen LogP contribution < -0.4 is 0 Å². The molecular formula is C18H27N5O3. The summed E-state index contributed by atoms with van der Waals surface area (Å²) in [6, 6.07) is 10.3. The van der Waals surface area contributed by atoms with Crippen molar-refractivity contribution in [1.82, 2.24) is 25.1 Å². The van der Waals surface area contributed by atoms with Gasteiger partial charge in [0.05, 0.1) is 26.4 Å². The summed E-state index contributed by atoms with van der Waals surface area (Å²) in [5, 5.41) is 12.6. The van der Waals surface area contributed by atoms with E-state index in [0.29, 0.717) is 32.2 Å². The summed E-state index contributed by atoms with van der Waals surface area (Å²) in [6.45, 7) is 5.95. The van der Waals surface area contributed by atoms with Crippen LogP contribution in [0.15, 0.2) is 30.3 Å². The van der Waals surface area contributed by atoms with Crippen molar-refractivity contribution in [2.45, 2.75) is 25.7 Å². The SMILES string of the molecule is COCCn1nnc(C2CN(CCCOCc3ccccc3)CCO2)n1. The molecule has 142 valence electrons. The molecule has 1 unspecified atom stereocenters. The number of hydrogen-bond acceptors (Lipinski definition) is 7. The van der Waals surface area contributed by atoms with Crippen LogP contribution in [-0.2, 0) is 27.4 Å². The van der Waals surface area contributed by atoms with E-state index in [1.54, 1.807) is 11.9 Å². The van der Waals surface area contributed by atoms with Crippen molar-refractivity contribution in [2.24, 2.45) is 0 Å². The number of nitrogens with zero attached hydrogens (tertiary/aromatic N) is 5. The third-order valence-corrected chi connectivity index (χ3v) is 4.28. The van der Waals surface area contributed by atoms with Crippen molar-refractivity contribution in [3.8, 4) is 0 Å². The van der Waals surface area contributed by atoms with Crippen LogP contribution in [0.1, 0.15) is 23.9 Å². The lowest BCUT2D eigenvalue weighted by Gasteiger charge is -2.31. The van der Waals surface area contributed by atoms with Gasteiger partial charge in [0, 0.05) is 33.4 Å². The molecule has 0 aliphatic carbocycles. The third-order valence-electron chi connectivity index (χ3n) is 4.28. The molecule has 1 aliphatic rings. The molecule has 2 aromatic rings. The highest BCUT2D eigenvalue weighted by molar-refractivity contribution is 5.13. The van der Waals surface area contributed by atoms with Gasteiger partial charge in [-0.25, -0.2) is 0 Å². The third kappa shape index (κ3) is 5.84. The Labute approximate surface area is 154 Å². The van der Waals surface area contributed by atoms with E-state index in [1.807, 2.05) is 18.2 Å². The van der Waals surface area contributed by atoms with Gasteiger partial charge in [-0.15, -0.1) is 10.2 Å². The van der Waals surface area contributed by atoms with Crippen molar-refractivity contribution < 1.29 is 14.2 Å². The standard InChI is InChI=1S/C18H27N5O3/c1-24-12-10-23-20-18(19-21-23)17-14-22(9-13-26-17)8-5-11-25-15-16-6-3-2-4-7-16/h2-4,6-7,17H,5,8-15H2,1H3. The highest BCUT2D eigenvalue weighted by atomic mass is 16.5. The Balaban J connectivity index is 1.36. The van der Waals surface area contributed by atoms with Crippen molar-refractivity contribution in [3.05, 3.63) is 41.7 Å². The van der Waals surface area contributed by atoms with Crippen LogP contribution in [0.3, 0.4) is 0 Å². The normalized spacial score (nSPS) is 18.3. The minimum absolute atomic E-state index is 0.120. The molecule has 0 amide bonds. The first-order valence-corrected chi connectivity index (χ1v) is 9.07. The number of tetrazole rings is 1. The van der Waals surface area contributed by atoms with Crippen LogP contribution in [0.4, 0.5) is 0 Å². The summed E-state index contributed by atoms with van der Waals surface area (Å²) in [4.78, 5) is 3.93. The van der Waals surface area contributed by atoms with Crippen LogP contribution in [-0.4, -0.2) is 71.7 Å². The van der Waals surface area contributed by atoms with Crippen LogP contribution in [0.25, 0.3) is 0 Å². The molecule has 0 saturated carbocycles. The van der Waals surface area contributed by atoms with E-state index in [2.05, 4.69) is 32.4 Å². The van der Waals surface area contributed by atoms with Gasteiger partial charge in [0.1, 0.15) is 6.10 Å². The predicted molar refractivity (Wildman–Crippen MR) is 95.5 cm³/mol. The number of benzene rings is 1. The van der Waals surface area contributed by atoms with E-state index < -0.39 is 0 Å². The molecular weight excluding hydrogens is 334 g/mol. The summed E-state index contributed by atoms with van der Waals surface area (Å²) >= 11 is 0. The van der Waals surface area contributed by atoms with Crippen molar-refractivity contribution in [1.29, 1.82) is 0 Å². The Bertz CT molecular complexity index is 637. The van der Waals surface area contributed by atoms with Gasteiger partial charge >= 0.3 is 0 Å². The second-order valence-electron chi connectivity index (χ2n) is 6.29. The first kappa shape index (κ1) is 18.9. The number of aromatic nitrogens is 4. The first-order chi connectivity index (χ1) is 12.8. The quantitative estimate of drug-likeness (QED) is 0.591. The highest BCUT2D eigenvalue weighted by Crippen LogP contribution is 2.18. The molecule has 8 heteroatoms. The molecule has 0 bridgehead atoms. The molecule has 1 atom stereocenters. The zero-order chi connectivity index (χ0) is 18.0. The van der Waals surface area contributed by atoms with E-state index in [-0.39, 0.29) is 6.10 Å². The Morgan fingerprint density at radius 3 is 2.92 bits per heavy atom. The van der Waals surface area contributed by atoms with E-state index in [9.17, 15) is 0 Å². The van der Waals surface area contributed by atoms with Gasteiger partial charge < -0.3 is 14.2 Å². The van der Waals surface area contributed by atoms with Crippen LogP contribution in [0.5, 0.6) is 0 Å². The molecule has 0 spiro atoms. The average molecular weight is 361 g/mol. The maximum atomic E-state index is 5.81. The van der Waals surface area contributed by atoms with Gasteiger partial charge in [-0.05, 0) is 17.2 Å². The predicted octanol–water partition coefficient (Wildman–Crippen LogP) is 1.30. The fraction of sp³-hybridized carbons (Fsp3) is 0.611. The molecule has 0 N–H and O–H groups in total. The number of ether oxygens (including phenoxy) is 3. The molecule has 3 rings (SSSR count). The minimum Gasteiger partial charge on any atom is -0.383 e. The Morgan fingerprint density at radius 2 is 2.08 bits per heavy atom. The first-order valence-electron chi connectivity index (χ1n) is 9.07. The van der Waals surface area contributed by atoms with Gasteiger partial charge in [0.2, 0.25) is 5.82 Å². The Hall–Kier alpha value is -1.87. The highest BCUT2D eigenvalue weighted by Gasteiger charge is 2.25. The van der Waals surface area contributed by atoms with Crippen molar-refractivity contribution >= 4 is 0 Å². The Kier molecular flexibility index (Phi) is 7.51. The zero-order valence-electron chi connectivity index (χ0n) is 15.3. The van der Waals surface area contributed by atoms with Gasteiger partial charge in [-0.2, -0.15) is 4.80 Å². The maximum Gasteiger partial charge on any atom is 0.204 e. The molecule has 1 aromatic carbocycles. The molecule has 1 aliphatic heterocycles. The van der Waals surface area contributed by atoms with Crippen molar-refractivity contribution in [3.63, 3.8) is 0 Å². The van der Waals surface area contributed by atoms with Crippen LogP contribution >= 0.6 is 0 Å². The van der Waals surface area contributed by atoms with E-state index in [1.165, 1.54) is 5.56 Å². The summed E-state index contributed by atoms with van der Waals surface area (Å²) in [5.41, 5.74) is 1.21. The second-order valence-corrected chi connectivity index (χ2v) is 6.29. The molecule has 1 aromatic heterocycles. The molecule has 26 heavy (non-hydrogen) atoms. The molecule has 2 heterocycles. The monoisotopic (exact) mass is 361 g/mol. The van der Waals surface area contributed by atoms with Gasteiger partial charge in [-0.1, -0.05) is 30.3 Å². The maximum absolute atomic E-state index is 5.81. The molecule has 8 nitrogen and oxygen atoms in total. The summed E-state index contributed by atoms with van der Waals surface area (Å²) in [6.07, 6.45) is 0.873. The average Bonchev–Trinajstić information content (AvgIpc) is 3.16. The number of morpholine rings is 1. The number of methoxy groups -OCH3 is 1. The lowest BCUT2D eigenvalue weighted by Crippen LogP contribution is -2.39. The number of hydrogen-bond donors (Lipinski definition) is 0. The summed E-state index contributed by atoms with van der Waals surface area (Å²) in [5.74, 6) is 0.645. The van der Waals surface area contributed by atoms with Gasteiger partial charge in [0.15, 0.2) is 0 Å². The van der Waals surface area contributed by atoms with Crippen molar-refractivity contribution in [2.75, 3.05) is 46.6 Å². The largest absolute Gasteiger partial charge is 0.383 e. The Morgan fingerprint density at radius 1 is 1.19 bits per heavy atom. The van der Waals surface area contributed by atoms with Gasteiger partial charge in [-0.3, -0.25) is 4.90 Å². The molecule has 0 radical (unpaired) electrons. The van der Waals surface area contributed by atoms with Gasteiger partial charge in [0.25, 0.3) is 0 Å². The fourth-order valence-corrected chi connectivity index (χ4v) is 2.87. The molecule has 1 fully saturated rings. The molecule has 1 saturated heterocycles. The van der Waals surface area contributed by atoms with E-state index >= 15 is 0 Å².